The van der Waals surface area contributed by atoms with Crippen molar-refractivity contribution in [3.63, 3.8) is 0 Å². The standard InChI is InChI=1S/C14H19N3O2/c1-3-17(2)13(18)9-15-14(19)12-8-10-6-4-5-7-11(10)16-12/h4-7,12,16H,3,8-9H2,1-2H3,(H,15,19). The molecule has 0 saturated carbocycles. The molecule has 19 heavy (non-hydrogen) atoms. The van der Waals surface area contributed by atoms with Crippen molar-refractivity contribution in [1.82, 2.24) is 10.2 Å². The van der Waals surface area contributed by atoms with E-state index < -0.39 is 0 Å². The number of carbonyl (C=O) groups excluding carboxylic acids is 2. The first-order valence-electron chi connectivity index (χ1n) is 6.48. The lowest BCUT2D eigenvalue weighted by Crippen LogP contribution is -2.44. The summed E-state index contributed by atoms with van der Waals surface area (Å²) in [6, 6.07) is 7.58. The van der Waals surface area contributed by atoms with Crippen molar-refractivity contribution in [2.45, 2.75) is 19.4 Å². The topological polar surface area (TPSA) is 61.4 Å². The van der Waals surface area contributed by atoms with Crippen LogP contribution in [0.4, 0.5) is 5.69 Å². The second-order valence-electron chi connectivity index (χ2n) is 4.68. The molecule has 1 unspecified atom stereocenters. The molecule has 1 aliphatic rings. The molecule has 2 N–H and O–H groups in total. The number of fused-ring (bicyclic) bond motifs is 1. The summed E-state index contributed by atoms with van der Waals surface area (Å²) in [5.41, 5.74) is 2.14. The van der Waals surface area contributed by atoms with Crippen molar-refractivity contribution in [3.8, 4) is 0 Å². The lowest BCUT2D eigenvalue weighted by atomic mass is 10.1. The third-order valence-corrected chi connectivity index (χ3v) is 3.40. The molecule has 1 aromatic rings. The van der Waals surface area contributed by atoms with E-state index in [1.54, 1.807) is 11.9 Å². The number of nitrogens with zero attached hydrogens (tertiary/aromatic N) is 1. The largest absolute Gasteiger partial charge is 0.373 e. The molecule has 0 fully saturated rings. The SMILES string of the molecule is CCN(C)C(=O)CNC(=O)C1Cc2ccccc2N1. The van der Waals surface area contributed by atoms with Crippen LogP contribution in [0.2, 0.25) is 0 Å². The van der Waals surface area contributed by atoms with Crippen LogP contribution in [0, 0.1) is 0 Å². The Labute approximate surface area is 113 Å². The van der Waals surface area contributed by atoms with Crippen LogP contribution in [0.5, 0.6) is 0 Å². The Morgan fingerprint density at radius 1 is 1.42 bits per heavy atom. The van der Waals surface area contributed by atoms with Crippen LogP contribution in [0.25, 0.3) is 0 Å². The summed E-state index contributed by atoms with van der Waals surface area (Å²) in [4.78, 5) is 25.2. The monoisotopic (exact) mass is 261 g/mol. The quantitative estimate of drug-likeness (QED) is 0.835. The highest BCUT2D eigenvalue weighted by atomic mass is 16.2. The van der Waals surface area contributed by atoms with Gasteiger partial charge in [0.15, 0.2) is 0 Å². The molecule has 102 valence electrons. The van der Waals surface area contributed by atoms with Crippen LogP contribution in [0.15, 0.2) is 24.3 Å². The summed E-state index contributed by atoms with van der Waals surface area (Å²) in [5, 5.41) is 5.85. The highest BCUT2D eigenvalue weighted by molar-refractivity contribution is 5.90. The van der Waals surface area contributed by atoms with Crippen molar-refractivity contribution in [3.05, 3.63) is 29.8 Å². The van der Waals surface area contributed by atoms with Gasteiger partial charge in [-0.1, -0.05) is 18.2 Å². The van der Waals surface area contributed by atoms with Gasteiger partial charge in [-0.2, -0.15) is 0 Å². The van der Waals surface area contributed by atoms with Gasteiger partial charge in [0.1, 0.15) is 6.04 Å². The predicted octanol–water partition coefficient (Wildman–Crippen LogP) is 0.618. The summed E-state index contributed by atoms with van der Waals surface area (Å²) in [5.74, 6) is -0.208. The first-order valence-corrected chi connectivity index (χ1v) is 6.48. The van der Waals surface area contributed by atoms with E-state index in [1.807, 2.05) is 31.2 Å². The van der Waals surface area contributed by atoms with Gasteiger partial charge in [-0.25, -0.2) is 0 Å². The minimum atomic E-state index is -0.280. The second kappa shape index (κ2) is 5.73. The number of para-hydroxylation sites is 1. The number of carbonyl (C=O) groups is 2. The molecule has 5 nitrogen and oxygen atoms in total. The van der Waals surface area contributed by atoms with Crippen LogP contribution < -0.4 is 10.6 Å². The summed E-state index contributed by atoms with van der Waals surface area (Å²) < 4.78 is 0. The fourth-order valence-electron chi connectivity index (χ4n) is 2.05. The van der Waals surface area contributed by atoms with Gasteiger partial charge in [0.25, 0.3) is 0 Å². The van der Waals surface area contributed by atoms with Crippen molar-refractivity contribution in [2.75, 3.05) is 25.5 Å². The zero-order chi connectivity index (χ0) is 13.8. The minimum absolute atomic E-state index is 0.0533. The van der Waals surface area contributed by atoms with Gasteiger partial charge < -0.3 is 15.5 Å². The van der Waals surface area contributed by atoms with E-state index in [1.165, 1.54) is 0 Å². The lowest BCUT2D eigenvalue weighted by Gasteiger charge is -2.16. The zero-order valence-corrected chi connectivity index (χ0v) is 11.3. The van der Waals surface area contributed by atoms with Crippen LogP contribution in [0.3, 0.4) is 0 Å². The molecule has 1 aromatic carbocycles. The van der Waals surface area contributed by atoms with Crippen molar-refractivity contribution in [1.29, 1.82) is 0 Å². The average molecular weight is 261 g/mol. The third-order valence-electron chi connectivity index (χ3n) is 3.40. The highest BCUT2D eigenvalue weighted by Crippen LogP contribution is 2.24. The van der Waals surface area contributed by atoms with Gasteiger partial charge in [0.2, 0.25) is 11.8 Å². The summed E-state index contributed by atoms with van der Waals surface area (Å²) >= 11 is 0. The van der Waals surface area contributed by atoms with Gasteiger partial charge in [-0.15, -0.1) is 0 Å². The molecule has 2 rings (SSSR count). The summed E-state index contributed by atoms with van der Waals surface area (Å²) in [7, 11) is 1.72. The summed E-state index contributed by atoms with van der Waals surface area (Å²) in [6.07, 6.45) is 0.666. The number of hydrogen-bond acceptors (Lipinski definition) is 3. The summed E-state index contributed by atoms with van der Waals surface area (Å²) in [6.45, 7) is 2.59. The van der Waals surface area contributed by atoms with E-state index in [0.29, 0.717) is 13.0 Å². The van der Waals surface area contributed by atoms with Gasteiger partial charge in [0.05, 0.1) is 6.54 Å². The van der Waals surface area contributed by atoms with Crippen LogP contribution in [-0.4, -0.2) is 42.9 Å². The number of amides is 2. The molecule has 0 spiro atoms. The van der Waals surface area contributed by atoms with E-state index in [9.17, 15) is 9.59 Å². The van der Waals surface area contributed by atoms with Gasteiger partial charge in [-0.05, 0) is 18.6 Å². The maximum atomic E-state index is 12.0. The molecule has 0 aromatic heterocycles. The molecule has 1 atom stereocenters. The van der Waals surface area contributed by atoms with Crippen molar-refractivity contribution >= 4 is 17.5 Å². The molecule has 5 heteroatoms. The fourth-order valence-corrected chi connectivity index (χ4v) is 2.05. The molecular weight excluding hydrogens is 242 g/mol. The van der Waals surface area contributed by atoms with Crippen LogP contribution in [0.1, 0.15) is 12.5 Å². The Bertz CT molecular complexity index is 462. The number of benzene rings is 1. The molecule has 2 amide bonds. The van der Waals surface area contributed by atoms with Gasteiger partial charge in [-0.3, -0.25) is 9.59 Å². The Morgan fingerprint density at radius 3 is 2.84 bits per heavy atom. The predicted molar refractivity (Wildman–Crippen MR) is 73.9 cm³/mol. The first kappa shape index (κ1) is 13.4. The number of anilines is 1. The molecule has 0 bridgehead atoms. The maximum absolute atomic E-state index is 12.0. The van der Waals surface area contributed by atoms with Crippen molar-refractivity contribution < 1.29 is 9.59 Å². The molecule has 0 radical (unpaired) electrons. The smallest absolute Gasteiger partial charge is 0.243 e. The van der Waals surface area contributed by atoms with E-state index in [2.05, 4.69) is 10.6 Å². The molecule has 1 heterocycles. The third kappa shape index (κ3) is 3.05. The van der Waals surface area contributed by atoms with Crippen LogP contribution >= 0.6 is 0 Å². The fraction of sp³-hybridized carbons (Fsp3) is 0.429. The molecular formula is C14H19N3O2. The number of rotatable bonds is 4. The zero-order valence-electron chi connectivity index (χ0n) is 11.3. The van der Waals surface area contributed by atoms with Crippen LogP contribution in [-0.2, 0) is 16.0 Å². The number of nitrogens with one attached hydrogen (secondary N) is 2. The second-order valence-corrected chi connectivity index (χ2v) is 4.68. The minimum Gasteiger partial charge on any atom is -0.373 e. The maximum Gasteiger partial charge on any atom is 0.243 e. The number of likely N-dealkylation sites (N-methyl/N-ethyl adjacent to an activating group) is 1. The van der Waals surface area contributed by atoms with E-state index in [-0.39, 0.29) is 24.4 Å². The number of hydrogen-bond donors (Lipinski definition) is 2. The van der Waals surface area contributed by atoms with E-state index in [0.717, 1.165) is 11.3 Å². The van der Waals surface area contributed by atoms with E-state index >= 15 is 0 Å². The van der Waals surface area contributed by atoms with E-state index in [4.69, 9.17) is 0 Å². The lowest BCUT2D eigenvalue weighted by molar-refractivity contribution is -0.131. The normalized spacial score (nSPS) is 16.4. The molecule has 1 aliphatic heterocycles. The Balaban J connectivity index is 1.85. The van der Waals surface area contributed by atoms with Gasteiger partial charge >= 0.3 is 0 Å². The van der Waals surface area contributed by atoms with Crippen molar-refractivity contribution in [2.24, 2.45) is 0 Å². The van der Waals surface area contributed by atoms with Gasteiger partial charge in [0, 0.05) is 25.7 Å². The highest BCUT2D eigenvalue weighted by Gasteiger charge is 2.26. The molecule has 0 saturated heterocycles. The Morgan fingerprint density at radius 2 is 2.16 bits per heavy atom. The first-order chi connectivity index (χ1) is 9.11. The Hall–Kier alpha value is -2.04. The molecule has 0 aliphatic carbocycles. The Kier molecular flexibility index (Phi) is 4.04. The average Bonchev–Trinajstić information content (AvgIpc) is 2.87.